The molecule has 0 spiro atoms. The number of carbonyl (C=O) groups excluding carboxylic acids is 1. The van der Waals surface area contributed by atoms with E-state index < -0.39 is 0 Å². The smallest absolute Gasteiger partial charge is 0.238 e. The molecule has 1 aromatic carbocycles. The van der Waals surface area contributed by atoms with Crippen molar-refractivity contribution < 1.29 is 4.79 Å². The quantitative estimate of drug-likeness (QED) is 0.853. The highest BCUT2D eigenvalue weighted by molar-refractivity contribution is 5.92. The van der Waals surface area contributed by atoms with Gasteiger partial charge in [0.15, 0.2) is 0 Å². The fourth-order valence-electron chi connectivity index (χ4n) is 2.29. The fraction of sp³-hybridized carbons (Fsp3) is 0.353. The molecule has 0 bridgehead atoms. The van der Waals surface area contributed by atoms with Crippen LogP contribution in [0.5, 0.6) is 0 Å². The van der Waals surface area contributed by atoms with E-state index in [0.717, 1.165) is 35.2 Å². The van der Waals surface area contributed by atoms with Crippen molar-refractivity contribution in [2.24, 2.45) is 5.92 Å². The van der Waals surface area contributed by atoms with Crippen LogP contribution in [0.2, 0.25) is 0 Å². The summed E-state index contributed by atoms with van der Waals surface area (Å²) in [6.45, 7) is 3.15. The zero-order valence-electron chi connectivity index (χ0n) is 13.1. The Kier molecular flexibility index (Phi) is 6.07. The highest BCUT2D eigenvalue weighted by Gasteiger charge is 2.20. The Morgan fingerprint density at radius 3 is 2.87 bits per heavy atom. The highest BCUT2D eigenvalue weighted by atomic mass is 35.5. The Labute approximate surface area is 142 Å². The van der Waals surface area contributed by atoms with E-state index in [0.29, 0.717) is 6.54 Å². The molecule has 2 N–H and O–H groups in total. The molecule has 1 heterocycles. The molecule has 122 valence electrons. The molecule has 0 unspecified atom stereocenters. The van der Waals surface area contributed by atoms with Crippen LogP contribution in [0.1, 0.15) is 18.7 Å². The largest absolute Gasteiger partial charge is 0.325 e. The zero-order valence-corrected chi connectivity index (χ0v) is 13.9. The first-order valence-corrected chi connectivity index (χ1v) is 7.61. The average Bonchev–Trinajstić information content (AvgIpc) is 3.32. The number of aryl methyl sites for hydroxylation is 1. The van der Waals surface area contributed by atoms with Gasteiger partial charge in [0.05, 0.1) is 12.2 Å². The first-order chi connectivity index (χ1) is 10.7. The monoisotopic (exact) mass is 332 g/mol. The Morgan fingerprint density at radius 2 is 2.13 bits per heavy atom. The number of benzene rings is 1. The summed E-state index contributed by atoms with van der Waals surface area (Å²) in [6.07, 6.45) is 4.31. The molecule has 1 aromatic heterocycles. The SMILES string of the molecule is Cc1nccc(-c2cccc(NC(=O)CNCC3CC3)c2)n1.Cl. The van der Waals surface area contributed by atoms with Crippen LogP contribution in [-0.4, -0.2) is 29.0 Å². The lowest BCUT2D eigenvalue weighted by Gasteiger charge is -2.08. The lowest BCUT2D eigenvalue weighted by atomic mass is 10.1. The van der Waals surface area contributed by atoms with Crippen LogP contribution >= 0.6 is 12.4 Å². The van der Waals surface area contributed by atoms with E-state index in [9.17, 15) is 4.79 Å². The van der Waals surface area contributed by atoms with Crippen LogP contribution in [0.15, 0.2) is 36.5 Å². The Bertz CT molecular complexity index is 673. The Morgan fingerprint density at radius 1 is 1.30 bits per heavy atom. The van der Waals surface area contributed by atoms with Gasteiger partial charge in [-0.15, -0.1) is 12.4 Å². The average molecular weight is 333 g/mol. The number of halogens is 1. The van der Waals surface area contributed by atoms with Crippen molar-refractivity contribution in [1.82, 2.24) is 15.3 Å². The fourth-order valence-corrected chi connectivity index (χ4v) is 2.29. The number of rotatable bonds is 6. The van der Waals surface area contributed by atoms with Crippen molar-refractivity contribution in [3.8, 4) is 11.3 Å². The molecule has 1 aliphatic rings. The minimum Gasteiger partial charge on any atom is -0.325 e. The van der Waals surface area contributed by atoms with Gasteiger partial charge >= 0.3 is 0 Å². The first kappa shape index (κ1) is 17.4. The van der Waals surface area contributed by atoms with E-state index in [4.69, 9.17) is 0 Å². The van der Waals surface area contributed by atoms with Gasteiger partial charge in [-0.3, -0.25) is 4.79 Å². The Balaban J connectivity index is 0.00000192. The maximum absolute atomic E-state index is 11.9. The summed E-state index contributed by atoms with van der Waals surface area (Å²) in [5.41, 5.74) is 2.61. The van der Waals surface area contributed by atoms with Crippen molar-refractivity contribution in [2.45, 2.75) is 19.8 Å². The second-order valence-electron chi connectivity index (χ2n) is 5.69. The van der Waals surface area contributed by atoms with Crippen molar-refractivity contribution in [3.05, 3.63) is 42.4 Å². The summed E-state index contributed by atoms with van der Waals surface area (Å²) in [5.74, 6) is 1.49. The van der Waals surface area contributed by atoms with Crippen LogP contribution in [0.3, 0.4) is 0 Å². The molecule has 23 heavy (non-hydrogen) atoms. The van der Waals surface area contributed by atoms with Gasteiger partial charge in [0.25, 0.3) is 0 Å². The number of aromatic nitrogens is 2. The van der Waals surface area contributed by atoms with Crippen molar-refractivity contribution in [2.75, 3.05) is 18.4 Å². The van der Waals surface area contributed by atoms with Crippen molar-refractivity contribution in [3.63, 3.8) is 0 Å². The predicted molar refractivity (Wildman–Crippen MR) is 93.7 cm³/mol. The molecule has 0 saturated heterocycles. The van der Waals surface area contributed by atoms with Gasteiger partial charge in [0.2, 0.25) is 5.91 Å². The summed E-state index contributed by atoms with van der Waals surface area (Å²) in [7, 11) is 0. The summed E-state index contributed by atoms with van der Waals surface area (Å²) < 4.78 is 0. The molecule has 1 fully saturated rings. The van der Waals surface area contributed by atoms with E-state index in [1.54, 1.807) is 6.20 Å². The number of nitrogens with one attached hydrogen (secondary N) is 2. The third-order valence-electron chi connectivity index (χ3n) is 3.63. The number of anilines is 1. The van der Waals surface area contributed by atoms with Crippen LogP contribution in [0.4, 0.5) is 5.69 Å². The van der Waals surface area contributed by atoms with Gasteiger partial charge in [-0.2, -0.15) is 0 Å². The Hall–Kier alpha value is -1.98. The maximum Gasteiger partial charge on any atom is 0.238 e. The number of hydrogen-bond acceptors (Lipinski definition) is 4. The van der Waals surface area contributed by atoms with Crippen molar-refractivity contribution >= 4 is 24.0 Å². The molecule has 5 nitrogen and oxygen atoms in total. The van der Waals surface area contributed by atoms with Gasteiger partial charge in [-0.05, 0) is 50.4 Å². The molecule has 0 aliphatic heterocycles. The van der Waals surface area contributed by atoms with Gasteiger partial charge in [-0.25, -0.2) is 9.97 Å². The van der Waals surface area contributed by atoms with Gasteiger partial charge < -0.3 is 10.6 Å². The van der Waals surface area contributed by atoms with Crippen LogP contribution in [0, 0.1) is 12.8 Å². The van der Waals surface area contributed by atoms with E-state index in [1.807, 2.05) is 37.3 Å². The normalized spacial score (nSPS) is 13.3. The third-order valence-corrected chi connectivity index (χ3v) is 3.63. The number of amides is 1. The van der Waals surface area contributed by atoms with E-state index >= 15 is 0 Å². The van der Waals surface area contributed by atoms with Crippen LogP contribution in [0.25, 0.3) is 11.3 Å². The van der Waals surface area contributed by atoms with E-state index in [1.165, 1.54) is 12.8 Å². The molecule has 1 amide bonds. The molecule has 6 heteroatoms. The second kappa shape index (κ2) is 8.04. The number of nitrogens with zero attached hydrogens (tertiary/aromatic N) is 2. The van der Waals surface area contributed by atoms with Gasteiger partial charge in [-0.1, -0.05) is 12.1 Å². The minimum atomic E-state index is -0.0170. The number of hydrogen-bond donors (Lipinski definition) is 2. The minimum absolute atomic E-state index is 0. The second-order valence-corrected chi connectivity index (χ2v) is 5.69. The number of carbonyl (C=O) groups is 1. The van der Waals surface area contributed by atoms with Crippen molar-refractivity contribution in [1.29, 1.82) is 0 Å². The molecule has 3 rings (SSSR count). The molecular weight excluding hydrogens is 312 g/mol. The molecule has 2 aromatic rings. The van der Waals surface area contributed by atoms with E-state index in [-0.39, 0.29) is 18.3 Å². The van der Waals surface area contributed by atoms with Gasteiger partial charge in [0, 0.05) is 17.4 Å². The molecule has 1 aliphatic carbocycles. The summed E-state index contributed by atoms with van der Waals surface area (Å²) in [4.78, 5) is 20.4. The summed E-state index contributed by atoms with van der Waals surface area (Å²) >= 11 is 0. The molecule has 0 atom stereocenters. The maximum atomic E-state index is 11.9. The topological polar surface area (TPSA) is 66.9 Å². The predicted octanol–water partition coefficient (Wildman–Crippen LogP) is 2.81. The van der Waals surface area contributed by atoms with Crippen LogP contribution < -0.4 is 10.6 Å². The standard InChI is InChI=1S/C17H20N4O.ClH/c1-12-19-8-7-16(20-12)14-3-2-4-15(9-14)21-17(22)11-18-10-13-5-6-13;/h2-4,7-9,13,18H,5-6,10-11H2,1H3,(H,21,22);1H. The lowest BCUT2D eigenvalue weighted by Crippen LogP contribution is -2.29. The summed E-state index contributed by atoms with van der Waals surface area (Å²) in [5, 5.41) is 6.10. The highest BCUT2D eigenvalue weighted by Crippen LogP contribution is 2.27. The molecule has 0 radical (unpaired) electrons. The third kappa shape index (κ3) is 5.30. The summed E-state index contributed by atoms with van der Waals surface area (Å²) in [6, 6.07) is 9.57. The van der Waals surface area contributed by atoms with Crippen LogP contribution in [-0.2, 0) is 4.79 Å². The molecular formula is C17H21ClN4O. The lowest BCUT2D eigenvalue weighted by molar-refractivity contribution is -0.115. The molecule has 1 saturated carbocycles. The van der Waals surface area contributed by atoms with Gasteiger partial charge in [0.1, 0.15) is 5.82 Å². The van der Waals surface area contributed by atoms with E-state index in [2.05, 4.69) is 20.6 Å². The first-order valence-electron chi connectivity index (χ1n) is 7.61. The zero-order chi connectivity index (χ0) is 15.4.